The van der Waals surface area contributed by atoms with Gasteiger partial charge in [-0.05, 0) is 36.4 Å². The molecule has 0 aliphatic carbocycles. The molecule has 2 aromatic carbocycles. The molecule has 1 aliphatic heterocycles. The Morgan fingerprint density at radius 3 is 2.14 bits per heavy atom. The van der Waals surface area contributed by atoms with E-state index in [1.54, 1.807) is 12.1 Å². The summed E-state index contributed by atoms with van der Waals surface area (Å²) in [4.78, 5) is 55.5. The summed E-state index contributed by atoms with van der Waals surface area (Å²) in [6.07, 6.45) is 0. The number of hydrogen-bond acceptors (Lipinski definition) is 7. The second-order valence-corrected chi connectivity index (χ2v) is 6.37. The van der Waals surface area contributed by atoms with E-state index in [0.717, 1.165) is 0 Å². The summed E-state index contributed by atoms with van der Waals surface area (Å²) in [5.74, 6) is -6.11. The number of oxazole rings is 1. The highest BCUT2D eigenvalue weighted by atomic mass is 35.5. The molecule has 28 heavy (non-hydrogen) atoms. The van der Waals surface area contributed by atoms with Gasteiger partial charge in [-0.1, -0.05) is 23.7 Å². The normalized spacial score (nSPS) is 16.5. The van der Waals surface area contributed by atoms with E-state index in [2.05, 4.69) is 4.98 Å². The molecule has 0 radical (unpaired) electrons. The average molecular weight is 394 g/mol. The van der Waals surface area contributed by atoms with Crippen LogP contribution in [0.1, 0.15) is 5.89 Å². The average Bonchev–Trinajstić information content (AvgIpc) is 3.13. The van der Waals surface area contributed by atoms with Crippen molar-refractivity contribution < 1.29 is 23.6 Å². The quantitative estimate of drug-likeness (QED) is 0.370. The summed E-state index contributed by atoms with van der Waals surface area (Å²) >= 11 is 5.78. The van der Waals surface area contributed by atoms with Gasteiger partial charge in [0.15, 0.2) is 5.58 Å². The molecule has 8 nitrogen and oxygen atoms in total. The first-order valence-corrected chi connectivity index (χ1v) is 8.28. The van der Waals surface area contributed by atoms with Gasteiger partial charge in [0.05, 0.1) is 11.8 Å². The van der Waals surface area contributed by atoms with Crippen molar-refractivity contribution in [2.75, 3.05) is 4.90 Å². The lowest BCUT2D eigenvalue weighted by Crippen LogP contribution is -2.63. The molecular weight excluding hydrogens is 386 g/mol. The summed E-state index contributed by atoms with van der Waals surface area (Å²) < 4.78 is 5.38. The number of Topliss-reactive ketones (excluding diaryl/α,β-unsaturated/α-hetero) is 2. The summed E-state index contributed by atoms with van der Waals surface area (Å²) in [6, 6.07) is 13.2. The molecule has 0 bridgehead atoms. The highest BCUT2D eigenvalue weighted by Gasteiger charge is 2.63. The lowest BCUT2D eigenvalue weighted by molar-refractivity contribution is -0.152. The number of benzene rings is 2. The van der Waals surface area contributed by atoms with E-state index >= 15 is 0 Å². The lowest BCUT2D eigenvalue weighted by Gasteiger charge is -2.30. The van der Waals surface area contributed by atoms with E-state index in [9.17, 15) is 24.4 Å². The van der Waals surface area contributed by atoms with Crippen LogP contribution in [0.2, 0.25) is 5.02 Å². The topological polar surface area (TPSA) is 121 Å². The smallest absolute Gasteiger partial charge is 0.304 e. The van der Waals surface area contributed by atoms with Gasteiger partial charge in [-0.2, -0.15) is 5.26 Å². The maximum absolute atomic E-state index is 12.8. The van der Waals surface area contributed by atoms with Crippen molar-refractivity contribution in [1.82, 2.24) is 4.98 Å². The van der Waals surface area contributed by atoms with Crippen LogP contribution in [-0.2, 0) is 24.6 Å². The molecule has 0 N–H and O–H groups in total. The van der Waals surface area contributed by atoms with Crippen LogP contribution in [0.25, 0.3) is 11.1 Å². The fourth-order valence-corrected chi connectivity index (χ4v) is 3.05. The molecule has 4 rings (SSSR count). The van der Waals surface area contributed by atoms with Crippen molar-refractivity contribution in [2.45, 2.75) is 5.41 Å². The minimum absolute atomic E-state index is 0.0230. The summed E-state index contributed by atoms with van der Waals surface area (Å²) in [5.41, 5.74) is -2.32. The van der Waals surface area contributed by atoms with Crippen LogP contribution in [0, 0.1) is 11.3 Å². The van der Waals surface area contributed by atoms with Gasteiger partial charge >= 0.3 is 11.8 Å². The molecule has 1 aliphatic rings. The van der Waals surface area contributed by atoms with Crippen molar-refractivity contribution in [3.05, 3.63) is 59.4 Å². The van der Waals surface area contributed by atoms with Gasteiger partial charge in [0.25, 0.3) is 17.0 Å². The molecule has 0 saturated carbocycles. The number of para-hydroxylation sites is 2. The number of nitrogens with zero attached hydrogens (tertiary/aromatic N) is 3. The number of anilines is 1. The Labute approximate surface area is 161 Å². The molecule has 9 heteroatoms. The Morgan fingerprint density at radius 1 is 0.964 bits per heavy atom. The molecule has 0 atom stereocenters. The third kappa shape index (κ3) is 2.27. The van der Waals surface area contributed by atoms with Crippen LogP contribution in [0.15, 0.2) is 52.9 Å². The number of piperidine rings is 1. The SMILES string of the molecule is N#CC1(c2nc3ccccc3o2)C(=O)C(=O)N(c2ccc(Cl)cc2)C(=O)C1=O. The van der Waals surface area contributed by atoms with Gasteiger partial charge in [-0.25, -0.2) is 9.88 Å². The summed E-state index contributed by atoms with van der Waals surface area (Å²) in [5, 5.41) is 9.99. The van der Waals surface area contributed by atoms with Crippen LogP contribution in [0.3, 0.4) is 0 Å². The van der Waals surface area contributed by atoms with E-state index < -0.39 is 34.7 Å². The molecular formula is C19H8ClN3O5. The second kappa shape index (κ2) is 6.11. The number of carbonyl (C=O) groups is 4. The largest absolute Gasteiger partial charge is 0.438 e. The van der Waals surface area contributed by atoms with Gasteiger partial charge in [0.1, 0.15) is 5.52 Å². The highest BCUT2D eigenvalue weighted by molar-refractivity contribution is 6.68. The monoisotopic (exact) mass is 393 g/mol. The number of rotatable bonds is 2. The minimum Gasteiger partial charge on any atom is -0.438 e. The van der Waals surface area contributed by atoms with Crippen LogP contribution in [0.4, 0.5) is 5.69 Å². The second-order valence-electron chi connectivity index (χ2n) is 5.93. The van der Waals surface area contributed by atoms with Crippen molar-refractivity contribution in [2.24, 2.45) is 0 Å². The zero-order chi connectivity index (χ0) is 20.1. The number of imide groups is 1. The van der Waals surface area contributed by atoms with E-state index in [1.165, 1.54) is 42.5 Å². The molecule has 1 fully saturated rings. The maximum Gasteiger partial charge on any atom is 0.304 e. The van der Waals surface area contributed by atoms with Gasteiger partial charge in [-0.3, -0.25) is 19.2 Å². The van der Waals surface area contributed by atoms with Crippen LogP contribution < -0.4 is 4.90 Å². The van der Waals surface area contributed by atoms with Gasteiger partial charge in [0, 0.05) is 5.02 Å². The molecule has 3 aromatic rings. The number of ketones is 2. The van der Waals surface area contributed by atoms with Crippen molar-refractivity contribution in [3.63, 3.8) is 0 Å². The first-order chi connectivity index (χ1) is 13.4. The number of amides is 2. The Bertz CT molecular complexity index is 1160. The third-order valence-electron chi connectivity index (χ3n) is 4.34. The van der Waals surface area contributed by atoms with Crippen molar-refractivity contribution in [3.8, 4) is 6.07 Å². The van der Waals surface area contributed by atoms with Crippen LogP contribution in [-0.4, -0.2) is 28.4 Å². The minimum atomic E-state index is -2.77. The van der Waals surface area contributed by atoms with Gasteiger partial charge in [0.2, 0.25) is 5.89 Å². The van der Waals surface area contributed by atoms with Crippen molar-refractivity contribution >= 4 is 51.8 Å². The predicted octanol–water partition coefficient (Wildman–Crippen LogP) is 1.95. The number of carbonyl (C=O) groups excluding carboxylic acids is 4. The van der Waals surface area contributed by atoms with Gasteiger partial charge < -0.3 is 4.42 Å². The number of halogens is 1. The van der Waals surface area contributed by atoms with Crippen LogP contribution >= 0.6 is 11.6 Å². The Balaban J connectivity index is 1.87. The first-order valence-electron chi connectivity index (χ1n) is 7.90. The fourth-order valence-electron chi connectivity index (χ4n) is 2.92. The number of hydrogen-bond donors (Lipinski definition) is 0. The Morgan fingerprint density at radius 2 is 1.57 bits per heavy atom. The third-order valence-corrected chi connectivity index (χ3v) is 4.60. The van der Waals surface area contributed by atoms with E-state index in [4.69, 9.17) is 16.0 Å². The zero-order valence-corrected chi connectivity index (χ0v) is 14.6. The van der Waals surface area contributed by atoms with Crippen molar-refractivity contribution in [1.29, 1.82) is 5.26 Å². The summed E-state index contributed by atoms with van der Waals surface area (Å²) in [7, 11) is 0. The van der Waals surface area contributed by atoms with E-state index in [1.807, 2.05) is 0 Å². The lowest BCUT2D eigenvalue weighted by atomic mass is 9.76. The molecule has 1 aromatic heterocycles. The predicted molar refractivity (Wildman–Crippen MR) is 95.3 cm³/mol. The maximum atomic E-state index is 12.8. The van der Waals surface area contributed by atoms with E-state index in [0.29, 0.717) is 9.92 Å². The Hall–Kier alpha value is -3.83. The number of nitriles is 1. The fraction of sp³-hybridized carbons (Fsp3) is 0.0526. The molecule has 1 saturated heterocycles. The standard InChI is InChI=1S/C19H8ClN3O5/c20-10-5-7-11(8-6-10)23-16(26)14(24)19(9-21,15(25)17(23)27)18-22-12-3-1-2-4-13(12)28-18/h1-8H. The molecule has 0 spiro atoms. The van der Waals surface area contributed by atoms with Gasteiger partial charge in [-0.15, -0.1) is 0 Å². The summed E-state index contributed by atoms with van der Waals surface area (Å²) in [6.45, 7) is 0. The molecule has 0 unspecified atom stereocenters. The van der Waals surface area contributed by atoms with Crippen LogP contribution in [0.5, 0.6) is 0 Å². The molecule has 2 heterocycles. The zero-order valence-electron chi connectivity index (χ0n) is 13.9. The Kier molecular flexibility index (Phi) is 3.84. The molecule has 136 valence electrons. The first kappa shape index (κ1) is 17.6. The molecule has 2 amide bonds. The highest BCUT2D eigenvalue weighted by Crippen LogP contribution is 2.34. The number of aromatic nitrogens is 1. The number of fused-ring (bicyclic) bond motifs is 1. The van der Waals surface area contributed by atoms with E-state index in [-0.39, 0.29) is 16.8 Å².